The minimum atomic E-state index is -0.175. The van der Waals surface area contributed by atoms with Crippen molar-refractivity contribution in [1.29, 1.82) is 5.41 Å². The maximum absolute atomic E-state index is 13.3. The molecule has 0 bridgehead atoms. The van der Waals surface area contributed by atoms with E-state index in [1.54, 1.807) is 6.07 Å². The molecule has 19 heavy (non-hydrogen) atoms. The molecule has 0 aromatic heterocycles. The minimum absolute atomic E-state index is 0.159. The minimum Gasteiger partial charge on any atom is -0.387 e. The molecule has 1 saturated heterocycles. The average molecular weight is 263 g/mol. The van der Waals surface area contributed by atoms with Gasteiger partial charge in [-0.1, -0.05) is 13.0 Å². The van der Waals surface area contributed by atoms with Gasteiger partial charge in [0.05, 0.1) is 5.84 Å². The fourth-order valence-corrected chi connectivity index (χ4v) is 2.53. The summed E-state index contributed by atoms with van der Waals surface area (Å²) in [6.07, 6.45) is 1.80. The number of benzene rings is 1. The lowest BCUT2D eigenvalue weighted by Gasteiger charge is -2.38. The van der Waals surface area contributed by atoms with Crippen LogP contribution in [0.4, 0.5) is 4.39 Å². The van der Waals surface area contributed by atoms with Gasteiger partial charge in [0.1, 0.15) is 5.82 Å². The van der Waals surface area contributed by atoms with E-state index < -0.39 is 0 Å². The highest BCUT2D eigenvalue weighted by Gasteiger charge is 2.32. The SMILES string of the molecule is Cc1ccc(F)cc1CN1CCC(C)(C(=N)N)CC1. The molecule has 0 spiro atoms. The number of piperidine rings is 1. The predicted octanol–water partition coefficient (Wildman–Crippen LogP) is 2.67. The highest BCUT2D eigenvalue weighted by atomic mass is 19.1. The van der Waals surface area contributed by atoms with Crippen LogP contribution in [0.2, 0.25) is 0 Å². The molecule has 1 aliphatic heterocycles. The lowest BCUT2D eigenvalue weighted by Crippen LogP contribution is -2.44. The van der Waals surface area contributed by atoms with Gasteiger partial charge >= 0.3 is 0 Å². The molecule has 0 atom stereocenters. The van der Waals surface area contributed by atoms with E-state index in [1.807, 2.05) is 13.0 Å². The molecule has 1 aliphatic rings. The number of aryl methyl sites for hydroxylation is 1. The predicted molar refractivity (Wildman–Crippen MR) is 75.7 cm³/mol. The summed E-state index contributed by atoms with van der Waals surface area (Å²) in [6, 6.07) is 4.95. The summed E-state index contributed by atoms with van der Waals surface area (Å²) >= 11 is 0. The Bertz CT molecular complexity index is 476. The fourth-order valence-electron chi connectivity index (χ4n) is 2.53. The molecule has 104 valence electrons. The second kappa shape index (κ2) is 5.29. The van der Waals surface area contributed by atoms with Crippen LogP contribution in [0.1, 0.15) is 30.9 Å². The Morgan fingerprint density at radius 1 is 1.42 bits per heavy atom. The number of nitrogens with one attached hydrogen (secondary N) is 1. The first-order valence-corrected chi connectivity index (χ1v) is 6.73. The number of nitrogens with zero attached hydrogens (tertiary/aromatic N) is 1. The normalized spacial score (nSPS) is 19.3. The highest BCUT2D eigenvalue weighted by Crippen LogP contribution is 2.31. The molecule has 0 aliphatic carbocycles. The zero-order valence-corrected chi connectivity index (χ0v) is 11.7. The Morgan fingerprint density at radius 3 is 2.63 bits per heavy atom. The van der Waals surface area contributed by atoms with Crippen molar-refractivity contribution in [3.8, 4) is 0 Å². The Balaban J connectivity index is 1.99. The van der Waals surface area contributed by atoms with Gasteiger partial charge in [-0.15, -0.1) is 0 Å². The quantitative estimate of drug-likeness (QED) is 0.650. The van der Waals surface area contributed by atoms with Crippen molar-refractivity contribution < 1.29 is 4.39 Å². The number of rotatable bonds is 3. The van der Waals surface area contributed by atoms with Crippen molar-refractivity contribution in [2.24, 2.45) is 11.1 Å². The van der Waals surface area contributed by atoms with Crippen LogP contribution in [0.3, 0.4) is 0 Å². The maximum Gasteiger partial charge on any atom is 0.123 e. The molecular formula is C15H22FN3. The van der Waals surface area contributed by atoms with Gasteiger partial charge in [-0.25, -0.2) is 4.39 Å². The summed E-state index contributed by atoms with van der Waals surface area (Å²) in [6.45, 7) is 6.66. The van der Waals surface area contributed by atoms with E-state index in [4.69, 9.17) is 11.1 Å². The first-order valence-electron chi connectivity index (χ1n) is 6.73. The monoisotopic (exact) mass is 263 g/mol. The summed E-state index contributed by atoms with van der Waals surface area (Å²) in [5.41, 5.74) is 7.67. The van der Waals surface area contributed by atoms with Crippen LogP contribution in [0.5, 0.6) is 0 Å². The second-order valence-electron chi connectivity index (χ2n) is 5.82. The molecule has 1 heterocycles. The zero-order valence-electron chi connectivity index (χ0n) is 11.7. The first kappa shape index (κ1) is 14.0. The molecule has 0 unspecified atom stereocenters. The van der Waals surface area contributed by atoms with E-state index in [9.17, 15) is 4.39 Å². The topological polar surface area (TPSA) is 53.1 Å². The van der Waals surface area contributed by atoms with Crippen LogP contribution in [-0.2, 0) is 6.54 Å². The maximum atomic E-state index is 13.3. The van der Waals surface area contributed by atoms with E-state index in [1.165, 1.54) is 6.07 Å². The van der Waals surface area contributed by atoms with Gasteiger partial charge in [0.15, 0.2) is 0 Å². The summed E-state index contributed by atoms with van der Waals surface area (Å²) < 4.78 is 13.3. The van der Waals surface area contributed by atoms with Crippen LogP contribution in [0.25, 0.3) is 0 Å². The Morgan fingerprint density at radius 2 is 2.05 bits per heavy atom. The third-order valence-corrected chi connectivity index (χ3v) is 4.31. The molecular weight excluding hydrogens is 241 g/mol. The third-order valence-electron chi connectivity index (χ3n) is 4.31. The summed E-state index contributed by atoms with van der Waals surface area (Å²) in [5, 5.41) is 7.64. The van der Waals surface area contributed by atoms with Crippen molar-refractivity contribution >= 4 is 5.84 Å². The number of halogens is 1. The smallest absolute Gasteiger partial charge is 0.123 e. The third kappa shape index (κ3) is 3.13. The molecule has 0 saturated carbocycles. The number of amidine groups is 1. The molecule has 1 fully saturated rings. The second-order valence-corrected chi connectivity index (χ2v) is 5.82. The van der Waals surface area contributed by atoms with Crippen LogP contribution >= 0.6 is 0 Å². The lowest BCUT2D eigenvalue weighted by atomic mass is 9.79. The molecule has 0 amide bonds. The molecule has 0 radical (unpaired) electrons. The molecule has 3 N–H and O–H groups in total. The summed E-state index contributed by atoms with van der Waals surface area (Å²) in [4.78, 5) is 2.31. The van der Waals surface area contributed by atoms with Gasteiger partial charge in [-0.3, -0.25) is 10.3 Å². The van der Waals surface area contributed by atoms with Gasteiger partial charge in [0, 0.05) is 12.0 Å². The molecule has 1 aromatic rings. The largest absolute Gasteiger partial charge is 0.387 e. The van der Waals surface area contributed by atoms with Gasteiger partial charge in [-0.2, -0.15) is 0 Å². The van der Waals surface area contributed by atoms with Crippen molar-refractivity contribution in [2.75, 3.05) is 13.1 Å². The van der Waals surface area contributed by atoms with Gasteiger partial charge in [0.25, 0.3) is 0 Å². The van der Waals surface area contributed by atoms with Crippen LogP contribution in [0.15, 0.2) is 18.2 Å². The van der Waals surface area contributed by atoms with Gasteiger partial charge in [0.2, 0.25) is 0 Å². The van der Waals surface area contributed by atoms with Gasteiger partial charge < -0.3 is 5.73 Å². The number of likely N-dealkylation sites (tertiary alicyclic amines) is 1. The molecule has 3 nitrogen and oxygen atoms in total. The first-order chi connectivity index (χ1) is 8.90. The number of nitrogens with two attached hydrogens (primary N) is 1. The molecule has 2 rings (SSSR count). The van der Waals surface area contributed by atoms with Crippen molar-refractivity contribution in [3.05, 3.63) is 35.1 Å². The van der Waals surface area contributed by atoms with E-state index in [2.05, 4.69) is 11.8 Å². The van der Waals surface area contributed by atoms with Crippen molar-refractivity contribution in [3.63, 3.8) is 0 Å². The fraction of sp³-hybridized carbons (Fsp3) is 0.533. The zero-order chi connectivity index (χ0) is 14.0. The highest BCUT2D eigenvalue weighted by molar-refractivity contribution is 5.83. The van der Waals surface area contributed by atoms with E-state index >= 15 is 0 Å². The van der Waals surface area contributed by atoms with E-state index in [0.717, 1.165) is 43.6 Å². The lowest BCUT2D eigenvalue weighted by molar-refractivity contribution is 0.155. The summed E-state index contributed by atoms with van der Waals surface area (Å²) in [7, 11) is 0. The summed E-state index contributed by atoms with van der Waals surface area (Å²) in [5.74, 6) is 0.111. The van der Waals surface area contributed by atoms with Gasteiger partial charge in [-0.05, 0) is 56.1 Å². The van der Waals surface area contributed by atoms with Crippen molar-refractivity contribution in [1.82, 2.24) is 4.90 Å². The van der Waals surface area contributed by atoms with Crippen LogP contribution in [-0.4, -0.2) is 23.8 Å². The Kier molecular flexibility index (Phi) is 3.90. The standard InChI is InChI=1S/C15H22FN3/c1-11-3-4-13(16)9-12(11)10-19-7-5-15(2,6-8-19)14(17)18/h3-4,9H,5-8,10H2,1-2H3,(H3,17,18). The number of hydrogen-bond acceptors (Lipinski definition) is 2. The van der Waals surface area contributed by atoms with Crippen LogP contribution in [0, 0.1) is 23.6 Å². The molecule has 1 aromatic carbocycles. The Hall–Kier alpha value is -1.42. The van der Waals surface area contributed by atoms with E-state index in [-0.39, 0.29) is 17.1 Å². The van der Waals surface area contributed by atoms with E-state index in [0.29, 0.717) is 0 Å². The van der Waals surface area contributed by atoms with Crippen LogP contribution < -0.4 is 5.73 Å². The molecule has 4 heteroatoms. The average Bonchev–Trinajstić information content (AvgIpc) is 2.36. The van der Waals surface area contributed by atoms with Crippen molar-refractivity contribution in [2.45, 2.75) is 33.2 Å². The number of hydrogen-bond donors (Lipinski definition) is 2. The Labute approximate surface area is 114 Å².